The van der Waals surface area contributed by atoms with Crippen molar-refractivity contribution in [1.29, 1.82) is 0 Å². The molecule has 162 valence electrons. The second-order valence-electron chi connectivity index (χ2n) is 7.11. The second kappa shape index (κ2) is 9.19. The average molecular weight is 449 g/mol. The molecule has 0 bridgehead atoms. The standard InChI is InChI=1S/C23H19N3O5S/c1-26-20(28)12-18(22(26)29)32-21-16(9-5-11-24-21)23(30)31-13-19(27)25-17-10-4-7-14-6-2-3-8-15(14)17/h2-11,18H,12-13H2,1H3,(H,25,27). The zero-order chi connectivity index (χ0) is 22.7. The highest BCUT2D eigenvalue weighted by Crippen LogP contribution is 2.32. The first-order valence-corrected chi connectivity index (χ1v) is 10.7. The van der Waals surface area contributed by atoms with Crippen molar-refractivity contribution in [1.82, 2.24) is 9.88 Å². The van der Waals surface area contributed by atoms with Crippen molar-refractivity contribution in [3.05, 3.63) is 66.4 Å². The highest BCUT2D eigenvalue weighted by molar-refractivity contribution is 8.00. The number of esters is 1. The minimum absolute atomic E-state index is 0.0402. The van der Waals surface area contributed by atoms with Gasteiger partial charge in [-0.3, -0.25) is 19.3 Å². The maximum Gasteiger partial charge on any atom is 0.341 e. The van der Waals surface area contributed by atoms with Gasteiger partial charge in [0, 0.05) is 30.7 Å². The minimum atomic E-state index is -0.737. The number of rotatable bonds is 6. The van der Waals surface area contributed by atoms with Crippen molar-refractivity contribution in [2.45, 2.75) is 16.7 Å². The molecule has 8 nitrogen and oxygen atoms in total. The van der Waals surface area contributed by atoms with Gasteiger partial charge in [0.15, 0.2) is 6.61 Å². The molecule has 4 rings (SSSR count). The largest absolute Gasteiger partial charge is 0.452 e. The predicted molar refractivity (Wildman–Crippen MR) is 119 cm³/mol. The fourth-order valence-electron chi connectivity index (χ4n) is 3.32. The summed E-state index contributed by atoms with van der Waals surface area (Å²) >= 11 is 1.04. The predicted octanol–water partition coefficient (Wildman–Crippen LogP) is 2.88. The van der Waals surface area contributed by atoms with Crippen LogP contribution < -0.4 is 5.32 Å². The summed E-state index contributed by atoms with van der Waals surface area (Å²) in [5.74, 6) is -1.83. The Balaban J connectivity index is 1.41. The Morgan fingerprint density at radius 1 is 1.12 bits per heavy atom. The minimum Gasteiger partial charge on any atom is -0.452 e. The lowest BCUT2D eigenvalue weighted by Gasteiger charge is -2.12. The van der Waals surface area contributed by atoms with Crippen LogP contribution in [0.25, 0.3) is 10.8 Å². The Bertz CT molecular complexity index is 1220. The molecule has 1 atom stereocenters. The third-order valence-corrected chi connectivity index (χ3v) is 6.18. The number of amides is 3. The molecule has 1 saturated heterocycles. The van der Waals surface area contributed by atoms with E-state index in [4.69, 9.17) is 4.74 Å². The lowest BCUT2D eigenvalue weighted by molar-refractivity contribution is -0.136. The Labute approximate surface area is 187 Å². The van der Waals surface area contributed by atoms with E-state index < -0.39 is 23.7 Å². The van der Waals surface area contributed by atoms with E-state index in [1.165, 1.54) is 19.3 Å². The summed E-state index contributed by atoms with van der Waals surface area (Å²) in [6.07, 6.45) is 1.52. The third kappa shape index (κ3) is 4.47. The molecule has 32 heavy (non-hydrogen) atoms. The molecule has 2 aromatic carbocycles. The number of pyridine rings is 1. The van der Waals surface area contributed by atoms with Gasteiger partial charge < -0.3 is 10.1 Å². The molecule has 0 aliphatic carbocycles. The van der Waals surface area contributed by atoms with E-state index in [0.29, 0.717) is 5.69 Å². The van der Waals surface area contributed by atoms with Gasteiger partial charge in [-0.1, -0.05) is 48.2 Å². The zero-order valence-electron chi connectivity index (χ0n) is 17.1. The second-order valence-corrected chi connectivity index (χ2v) is 8.30. The van der Waals surface area contributed by atoms with Gasteiger partial charge >= 0.3 is 5.97 Å². The molecule has 1 aliphatic heterocycles. The topological polar surface area (TPSA) is 106 Å². The Morgan fingerprint density at radius 2 is 1.91 bits per heavy atom. The number of benzene rings is 2. The van der Waals surface area contributed by atoms with Crippen molar-refractivity contribution in [3.8, 4) is 0 Å². The fraction of sp³-hybridized carbons (Fsp3) is 0.174. The first-order chi connectivity index (χ1) is 15.4. The number of aromatic nitrogens is 1. The van der Waals surface area contributed by atoms with Gasteiger partial charge in [0.2, 0.25) is 11.8 Å². The molecule has 3 aromatic rings. The average Bonchev–Trinajstić information content (AvgIpc) is 3.04. The lowest BCUT2D eigenvalue weighted by atomic mass is 10.1. The Morgan fingerprint density at radius 3 is 2.69 bits per heavy atom. The number of imide groups is 1. The summed E-state index contributed by atoms with van der Waals surface area (Å²) in [7, 11) is 1.42. The molecule has 9 heteroatoms. The van der Waals surface area contributed by atoms with Crippen LogP contribution >= 0.6 is 11.8 Å². The van der Waals surface area contributed by atoms with Crippen molar-refractivity contribution in [3.63, 3.8) is 0 Å². The number of hydrogen-bond acceptors (Lipinski definition) is 7. The number of anilines is 1. The lowest BCUT2D eigenvalue weighted by Crippen LogP contribution is -2.26. The molecule has 0 spiro atoms. The van der Waals surface area contributed by atoms with Crippen LogP contribution in [0.5, 0.6) is 0 Å². The van der Waals surface area contributed by atoms with Gasteiger partial charge in [-0.2, -0.15) is 0 Å². The molecule has 1 aliphatic rings. The monoisotopic (exact) mass is 449 g/mol. The highest BCUT2D eigenvalue weighted by Gasteiger charge is 2.37. The van der Waals surface area contributed by atoms with Crippen LogP contribution in [0.15, 0.2) is 65.8 Å². The fourth-order valence-corrected chi connectivity index (χ4v) is 4.47. The molecular formula is C23H19N3O5S. The number of nitrogens with zero attached hydrogens (tertiary/aromatic N) is 2. The van der Waals surface area contributed by atoms with Crippen LogP contribution in [0.2, 0.25) is 0 Å². The summed E-state index contributed by atoms with van der Waals surface area (Å²) in [4.78, 5) is 54.1. The smallest absolute Gasteiger partial charge is 0.341 e. The molecular weight excluding hydrogens is 430 g/mol. The number of nitrogens with one attached hydrogen (secondary N) is 1. The van der Waals surface area contributed by atoms with E-state index >= 15 is 0 Å². The first-order valence-electron chi connectivity index (χ1n) is 9.81. The van der Waals surface area contributed by atoms with Crippen LogP contribution in [0, 0.1) is 0 Å². The number of thioether (sulfide) groups is 1. The third-order valence-electron chi connectivity index (χ3n) is 4.98. The quantitative estimate of drug-likeness (QED) is 0.456. The van der Waals surface area contributed by atoms with Gasteiger partial charge in [0.05, 0.1) is 10.8 Å². The molecule has 1 N–H and O–H groups in total. The Kier molecular flexibility index (Phi) is 6.18. The van der Waals surface area contributed by atoms with Gasteiger partial charge in [0.1, 0.15) is 5.03 Å². The van der Waals surface area contributed by atoms with Crippen molar-refractivity contribution in [2.24, 2.45) is 0 Å². The van der Waals surface area contributed by atoms with E-state index in [0.717, 1.165) is 27.4 Å². The number of fused-ring (bicyclic) bond motifs is 1. The summed E-state index contributed by atoms with van der Waals surface area (Å²) in [6.45, 7) is -0.482. The number of ether oxygens (including phenoxy) is 1. The van der Waals surface area contributed by atoms with E-state index in [-0.39, 0.29) is 28.8 Å². The SMILES string of the molecule is CN1C(=O)CC(Sc2ncccc2C(=O)OCC(=O)Nc2cccc3ccccc23)C1=O. The maximum atomic E-state index is 12.6. The number of carbonyl (C=O) groups is 4. The van der Waals surface area contributed by atoms with Crippen LogP contribution in [0.1, 0.15) is 16.8 Å². The van der Waals surface area contributed by atoms with E-state index in [1.54, 1.807) is 12.1 Å². The van der Waals surface area contributed by atoms with Crippen molar-refractivity contribution in [2.75, 3.05) is 19.0 Å². The summed E-state index contributed by atoms with van der Waals surface area (Å²) in [5, 5.41) is 4.23. The van der Waals surface area contributed by atoms with Gasteiger partial charge in [-0.15, -0.1) is 0 Å². The first kappa shape index (κ1) is 21.5. The van der Waals surface area contributed by atoms with Gasteiger partial charge in [-0.05, 0) is 23.6 Å². The molecule has 0 saturated carbocycles. The Hall–Kier alpha value is -3.72. The van der Waals surface area contributed by atoms with E-state index in [9.17, 15) is 19.2 Å². The van der Waals surface area contributed by atoms with Crippen LogP contribution in [0.4, 0.5) is 5.69 Å². The van der Waals surface area contributed by atoms with Crippen LogP contribution in [-0.4, -0.2) is 52.5 Å². The highest BCUT2D eigenvalue weighted by atomic mass is 32.2. The van der Waals surface area contributed by atoms with Gasteiger partial charge in [-0.25, -0.2) is 9.78 Å². The summed E-state index contributed by atoms with van der Waals surface area (Å²) < 4.78 is 5.18. The zero-order valence-corrected chi connectivity index (χ0v) is 17.9. The van der Waals surface area contributed by atoms with Crippen LogP contribution in [0.3, 0.4) is 0 Å². The normalized spacial score (nSPS) is 15.8. The number of carbonyl (C=O) groups excluding carboxylic acids is 4. The molecule has 1 fully saturated rings. The van der Waals surface area contributed by atoms with E-state index in [1.807, 2.05) is 36.4 Å². The molecule has 0 radical (unpaired) electrons. The van der Waals surface area contributed by atoms with Crippen LogP contribution in [-0.2, 0) is 19.1 Å². The van der Waals surface area contributed by atoms with Gasteiger partial charge in [0.25, 0.3) is 5.91 Å². The summed E-state index contributed by atoms with van der Waals surface area (Å²) in [6, 6.07) is 16.2. The van der Waals surface area contributed by atoms with Crippen molar-refractivity contribution < 1.29 is 23.9 Å². The maximum absolute atomic E-state index is 12.6. The summed E-state index contributed by atoms with van der Waals surface area (Å²) in [5.41, 5.74) is 0.751. The number of likely N-dealkylation sites (tertiary alicyclic amines) is 1. The molecule has 1 aromatic heterocycles. The molecule has 1 unspecified atom stereocenters. The number of hydrogen-bond donors (Lipinski definition) is 1. The van der Waals surface area contributed by atoms with E-state index in [2.05, 4.69) is 10.3 Å². The molecule has 2 heterocycles. The van der Waals surface area contributed by atoms with Crippen molar-refractivity contribution >= 4 is 51.9 Å². The molecule has 3 amide bonds.